The molecular formula is C23H40N2OSi. The molecule has 1 aliphatic heterocycles. The van der Waals surface area contributed by atoms with Crippen molar-refractivity contribution < 1.29 is 4.43 Å². The Morgan fingerprint density at radius 3 is 2.26 bits per heavy atom. The summed E-state index contributed by atoms with van der Waals surface area (Å²) in [6.45, 7) is 23.3. The second kappa shape index (κ2) is 7.18. The molecule has 3 nitrogen and oxygen atoms in total. The topological polar surface area (TPSA) is 25.4 Å². The molecule has 2 heterocycles. The standard InChI is InChI=1S/C23H40N2OSi/c1-15-10-11-19-20(15)24-12-16(2)21(19)25-13-17(3)22(18(4)14-25)26-27(8,9)23(5,6)7/h12,15,17-18,22H,10-11,13-14H2,1-9H3/t15-,17-,18+,22?/m1/s1. The zero-order valence-electron chi connectivity index (χ0n) is 19.0. The Kier molecular flexibility index (Phi) is 5.55. The van der Waals surface area contributed by atoms with Crippen molar-refractivity contribution in [1.29, 1.82) is 0 Å². The van der Waals surface area contributed by atoms with Crippen molar-refractivity contribution in [2.24, 2.45) is 11.8 Å². The first-order valence-electron chi connectivity index (χ1n) is 10.8. The fraction of sp³-hybridized carbons (Fsp3) is 0.783. The molecule has 2 aliphatic rings. The van der Waals surface area contributed by atoms with Crippen LogP contribution in [0, 0.1) is 18.8 Å². The summed E-state index contributed by atoms with van der Waals surface area (Å²) in [4.78, 5) is 7.43. The van der Waals surface area contributed by atoms with Gasteiger partial charge in [-0.1, -0.05) is 41.5 Å². The summed E-state index contributed by atoms with van der Waals surface area (Å²) >= 11 is 0. The summed E-state index contributed by atoms with van der Waals surface area (Å²) < 4.78 is 6.89. The van der Waals surface area contributed by atoms with Gasteiger partial charge in [-0.25, -0.2) is 0 Å². The molecule has 152 valence electrons. The van der Waals surface area contributed by atoms with Crippen molar-refractivity contribution in [3.8, 4) is 0 Å². The highest BCUT2D eigenvalue weighted by molar-refractivity contribution is 6.74. The molecule has 0 spiro atoms. The molecule has 0 N–H and O–H groups in total. The van der Waals surface area contributed by atoms with Gasteiger partial charge in [-0.15, -0.1) is 0 Å². The summed E-state index contributed by atoms with van der Waals surface area (Å²) in [6.07, 6.45) is 4.90. The second-order valence-electron chi connectivity index (χ2n) is 10.8. The molecule has 0 saturated carbocycles. The van der Waals surface area contributed by atoms with Gasteiger partial charge in [0.2, 0.25) is 0 Å². The number of fused-ring (bicyclic) bond motifs is 1. The largest absolute Gasteiger partial charge is 0.413 e. The van der Waals surface area contributed by atoms with Crippen LogP contribution in [0.1, 0.15) is 70.7 Å². The maximum absolute atomic E-state index is 6.89. The molecule has 1 aliphatic carbocycles. The summed E-state index contributed by atoms with van der Waals surface area (Å²) in [5.41, 5.74) is 5.68. The lowest BCUT2D eigenvalue weighted by Crippen LogP contribution is -2.54. The first-order chi connectivity index (χ1) is 12.4. The minimum atomic E-state index is -1.74. The lowest BCUT2D eigenvalue weighted by molar-refractivity contribution is 0.0627. The van der Waals surface area contributed by atoms with E-state index in [9.17, 15) is 0 Å². The van der Waals surface area contributed by atoms with Crippen molar-refractivity contribution >= 4 is 14.0 Å². The van der Waals surface area contributed by atoms with Crippen LogP contribution in [-0.4, -0.2) is 32.5 Å². The van der Waals surface area contributed by atoms with Crippen LogP contribution in [0.15, 0.2) is 6.20 Å². The first kappa shape index (κ1) is 20.9. The molecule has 0 bridgehead atoms. The van der Waals surface area contributed by atoms with Gasteiger partial charge in [0, 0.05) is 30.7 Å². The third-order valence-corrected chi connectivity index (χ3v) is 11.8. The molecule has 4 atom stereocenters. The second-order valence-corrected chi connectivity index (χ2v) is 15.6. The molecule has 0 aromatic carbocycles. The molecule has 27 heavy (non-hydrogen) atoms. The first-order valence-corrected chi connectivity index (χ1v) is 13.7. The van der Waals surface area contributed by atoms with Gasteiger partial charge in [0.25, 0.3) is 0 Å². The van der Waals surface area contributed by atoms with Crippen LogP contribution in [0.25, 0.3) is 0 Å². The van der Waals surface area contributed by atoms with E-state index in [-0.39, 0.29) is 5.04 Å². The highest BCUT2D eigenvalue weighted by Crippen LogP contribution is 2.43. The Morgan fingerprint density at radius 1 is 1.11 bits per heavy atom. The van der Waals surface area contributed by atoms with E-state index in [1.54, 1.807) is 0 Å². The van der Waals surface area contributed by atoms with E-state index < -0.39 is 8.32 Å². The van der Waals surface area contributed by atoms with E-state index >= 15 is 0 Å². The van der Waals surface area contributed by atoms with Gasteiger partial charge in [0.1, 0.15) is 0 Å². The minimum absolute atomic E-state index is 0.266. The SMILES string of the molecule is Cc1cnc2c(c1N1C[C@@H](C)C(O[Si](C)(C)C(C)(C)C)[C@@H](C)C1)CC[C@H]2C. The van der Waals surface area contributed by atoms with Crippen LogP contribution >= 0.6 is 0 Å². The zero-order valence-corrected chi connectivity index (χ0v) is 20.0. The fourth-order valence-corrected chi connectivity index (χ4v) is 6.24. The molecule has 1 aromatic rings. The van der Waals surface area contributed by atoms with E-state index in [0.29, 0.717) is 23.9 Å². The van der Waals surface area contributed by atoms with Crippen LogP contribution in [0.3, 0.4) is 0 Å². The number of piperidine rings is 1. The number of hydrogen-bond acceptors (Lipinski definition) is 3. The lowest BCUT2D eigenvalue weighted by Gasteiger charge is -2.48. The number of aromatic nitrogens is 1. The highest BCUT2D eigenvalue weighted by Gasteiger charge is 2.43. The quantitative estimate of drug-likeness (QED) is 0.601. The summed E-state index contributed by atoms with van der Waals surface area (Å²) in [5, 5.41) is 0.266. The summed E-state index contributed by atoms with van der Waals surface area (Å²) in [7, 11) is -1.74. The molecule has 3 rings (SSSR count). The predicted molar refractivity (Wildman–Crippen MR) is 118 cm³/mol. The van der Waals surface area contributed by atoms with Crippen molar-refractivity contribution in [3.05, 3.63) is 23.0 Å². The van der Waals surface area contributed by atoms with Crippen LogP contribution in [0.4, 0.5) is 5.69 Å². The van der Waals surface area contributed by atoms with E-state index in [0.717, 1.165) is 13.1 Å². The average Bonchev–Trinajstić information content (AvgIpc) is 2.90. The van der Waals surface area contributed by atoms with Gasteiger partial charge in [0.05, 0.1) is 6.10 Å². The van der Waals surface area contributed by atoms with Crippen molar-refractivity contribution in [2.45, 2.75) is 91.5 Å². The highest BCUT2D eigenvalue weighted by atomic mass is 28.4. The average molecular weight is 389 g/mol. The van der Waals surface area contributed by atoms with Gasteiger partial charge in [0.15, 0.2) is 8.32 Å². The minimum Gasteiger partial charge on any atom is -0.413 e. The molecule has 1 aromatic heterocycles. The number of pyridine rings is 1. The maximum Gasteiger partial charge on any atom is 0.192 e. The normalized spacial score (nSPS) is 29.1. The Balaban J connectivity index is 1.83. The van der Waals surface area contributed by atoms with E-state index in [1.165, 1.54) is 35.3 Å². The number of hydrogen-bond donors (Lipinski definition) is 0. The van der Waals surface area contributed by atoms with Gasteiger partial charge >= 0.3 is 0 Å². The molecule has 0 amide bonds. The Morgan fingerprint density at radius 2 is 1.70 bits per heavy atom. The number of rotatable bonds is 3. The van der Waals surface area contributed by atoms with E-state index in [1.807, 2.05) is 0 Å². The van der Waals surface area contributed by atoms with Crippen molar-refractivity contribution in [2.75, 3.05) is 18.0 Å². The van der Waals surface area contributed by atoms with Crippen LogP contribution in [-0.2, 0) is 10.8 Å². The molecule has 1 saturated heterocycles. The predicted octanol–water partition coefficient (Wildman–Crippen LogP) is 5.92. The van der Waals surface area contributed by atoms with Gasteiger partial charge in [-0.3, -0.25) is 4.98 Å². The number of aryl methyl sites for hydroxylation is 1. The number of anilines is 1. The Bertz CT molecular complexity index is 682. The van der Waals surface area contributed by atoms with E-state index in [4.69, 9.17) is 9.41 Å². The maximum atomic E-state index is 6.89. The third-order valence-electron chi connectivity index (χ3n) is 7.35. The Hall–Kier alpha value is -0.873. The fourth-order valence-electron chi connectivity index (χ4n) is 4.74. The van der Waals surface area contributed by atoms with Crippen molar-refractivity contribution in [3.63, 3.8) is 0 Å². The molecule has 1 unspecified atom stereocenters. The smallest absolute Gasteiger partial charge is 0.192 e. The van der Waals surface area contributed by atoms with Gasteiger partial charge in [-0.2, -0.15) is 0 Å². The zero-order chi connectivity index (χ0) is 20.1. The molecule has 1 fully saturated rings. The Labute approximate surface area is 168 Å². The van der Waals surface area contributed by atoms with Crippen LogP contribution < -0.4 is 4.90 Å². The molecule has 0 radical (unpaired) electrons. The van der Waals surface area contributed by atoms with E-state index in [2.05, 4.69) is 72.7 Å². The number of nitrogens with zero attached hydrogens (tertiary/aromatic N) is 2. The monoisotopic (exact) mass is 388 g/mol. The van der Waals surface area contributed by atoms with Crippen LogP contribution in [0.5, 0.6) is 0 Å². The van der Waals surface area contributed by atoms with Gasteiger partial charge < -0.3 is 9.33 Å². The summed E-state index contributed by atoms with van der Waals surface area (Å²) in [6, 6.07) is 0. The van der Waals surface area contributed by atoms with Gasteiger partial charge in [-0.05, 0) is 66.8 Å². The van der Waals surface area contributed by atoms with Crippen LogP contribution in [0.2, 0.25) is 18.1 Å². The molecule has 4 heteroatoms. The summed E-state index contributed by atoms with van der Waals surface area (Å²) in [5.74, 6) is 1.70. The lowest BCUT2D eigenvalue weighted by atomic mass is 9.87. The molecular weight excluding hydrogens is 348 g/mol. The van der Waals surface area contributed by atoms with Crippen molar-refractivity contribution in [1.82, 2.24) is 4.98 Å². The third kappa shape index (κ3) is 3.84.